The maximum absolute atomic E-state index is 11.0. The fraction of sp³-hybridized carbons (Fsp3) is 0.923. The lowest BCUT2D eigenvalue weighted by molar-refractivity contribution is -0.120. The first kappa shape index (κ1) is 15.4. The average molecular weight is 257 g/mol. The zero-order valence-electron chi connectivity index (χ0n) is 11.7. The van der Waals surface area contributed by atoms with Gasteiger partial charge in [-0.25, -0.2) is 0 Å². The Balaban J connectivity index is 2.53. The van der Waals surface area contributed by atoms with E-state index >= 15 is 0 Å². The number of carbonyl (C=O) groups excluding carboxylic acids is 1. The second-order valence-electron chi connectivity index (χ2n) is 5.90. The third-order valence-electron chi connectivity index (χ3n) is 3.44. The molecular formula is C13H27N3O2. The van der Waals surface area contributed by atoms with Gasteiger partial charge in [-0.05, 0) is 31.7 Å². The van der Waals surface area contributed by atoms with Crippen molar-refractivity contribution in [3.05, 3.63) is 0 Å². The molecule has 1 fully saturated rings. The number of nitrogens with one attached hydrogen (secondary N) is 1. The molecule has 1 aliphatic heterocycles. The van der Waals surface area contributed by atoms with Crippen molar-refractivity contribution in [2.24, 2.45) is 17.6 Å². The Labute approximate surface area is 110 Å². The van der Waals surface area contributed by atoms with Gasteiger partial charge in [0.2, 0.25) is 5.91 Å². The van der Waals surface area contributed by atoms with Crippen molar-refractivity contribution < 1.29 is 9.90 Å². The van der Waals surface area contributed by atoms with Crippen LogP contribution in [0.15, 0.2) is 0 Å². The summed E-state index contributed by atoms with van der Waals surface area (Å²) in [5, 5.41) is 13.3. The van der Waals surface area contributed by atoms with E-state index in [0.717, 1.165) is 26.1 Å². The van der Waals surface area contributed by atoms with E-state index in [1.807, 2.05) is 11.8 Å². The second kappa shape index (κ2) is 7.07. The first-order chi connectivity index (χ1) is 8.38. The van der Waals surface area contributed by atoms with Gasteiger partial charge in [0.25, 0.3) is 0 Å². The number of rotatable bonds is 6. The lowest BCUT2D eigenvalue weighted by Crippen LogP contribution is -2.53. The van der Waals surface area contributed by atoms with Gasteiger partial charge in [0, 0.05) is 19.1 Å². The number of hydrogen-bond donors (Lipinski definition) is 3. The van der Waals surface area contributed by atoms with Gasteiger partial charge >= 0.3 is 0 Å². The molecule has 106 valence electrons. The van der Waals surface area contributed by atoms with E-state index in [2.05, 4.69) is 19.2 Å². The first-order valence-corrected chi connectivity index (χ1v) is 6.80. The van der Waals surface area contributed by atoms with Gasteiger partial charge in [0.15, 0.2) is 0 Å². The molecule has 3 atom stereocenters. The topological polar surface area (TPSA) is 78.6 Å². The lowest BCUT2D eigenvalue weighted by Gasteiger charge is -2.39. The summed E-state index contributed by atoms with van der Waals surface area (Å²) < 4.78 is 0. The van der Waals surface area contributed by atoms with E-state index in [1.165, 1.54) is 0 Å². The maximum Gasteiger partial charge on any atom is 0.231 e. The summed E-state index contributed by atoms with van der Waals surface area (Å²) >= 11 is 0. The highest BCUT2D eigenvalue weighted by Gasteiger charge is 2.30. The molecule has 1 heterocycles. The predicted octanol–water partition coefficient (Wildman–Crippen LogP) is -0.211. The van der Waals surface area contributed by atoms with Crippen LogP contribution >= 0.6 is 0 Å². The molecule has 4 N–H and O–H groups in total. The highest BCUT2D eigenvalue weighted by Crippen LogP contribution is 2.20. The van der Waals surface area contributed by atoms with Crippen LogP contribution in [0.2, 0.25) is 0 Å². The van der Waals surface area contributed by atoms with Crippen LogP contribution in [0.25, 0.3) is 0 Å². The minimum Gasteiger partial charge on any atom is -0.393 e. The number of nitrogens with two attached hydrogens (primary N) is 1. The minimum absolute atomic E-state index is 0.211. The minimum atomic E-state index is -0.343. The fourth-order valence-corrected chi connectivity index (χ4v) is 2.48. The van der Waals surface area contributed by atoms with Gasteiger partial charge in [-0.3, -0.25) is 9.69 Å². The molecule has 1 amide bonds. The summed E-state index contributed by atoms with van der Waals surface area (Å²) in [5.74, 6) is 0.508. The van der Waals surface area contributed by atoms with E-state index in [1.54, 1.807) is 0 Å². The number of hydrogen-bond acceptors (Lipinski definition) is 4. The van der Waals surface area contributed by atoms with Gasteiger partial charge in [-0.1, -0.05) is 13.8 Å². The van der Waals surface area contributed by atoms with E-state index < -0.39 is 0 Å². The number of piperidine rings is 1. The van der Waals surface area contributed by atoms with Crippen LogP contribution in [-0.4, -0.2) is 54.2 Å². The Morgan fingerprint density at radius 2 is 2.11 bits per heavy atom. The van der Waals surface area contributed by atoms with Crippen molar-refractivity contribution in [1.82, 2.24) is 10.2 Å². The molecule has 18 heavy (non-hydrogen) atoms. The number of amides is 1. The second-order valence-corrected chi connectivity index (χ2v) is 5.90. The molecule has 5 nitrogen and oxygen atoms in total. The van der Waals surface area contributed by atoms with Gasteiger partial charge in [0.05, 0.1) is 12.6 Å². The molecule has 0 saturated carbocycles. The Kier molecular flexibility index (Phi) is 6.05. The average Bonchev–Trinajstić information content (AvgIpc) is 2.25. The van der Waals surface area contributed by atoms with Crippen LogP contribution in [0.1, 0.15) is 27.2 Å². The number of carbonyl (C=O) groups is 1. The van der Waals surface area contributed by atoms with Crippen molar-refractivity contribution in [3.8, 4) is 0 Å². The van der Waals surface area contributed by atoms with Crippen LogP contribution in [-0.2, 0) is 4.79 Å². The van der Waals surface area contributed by atoms with Crippen LogP contribution in [0.5, 0.6) is 0 Å². The monoisotopic (exact) mass is 257 g/mol. The SMILES string of the molecule is CC(C)CNC1CC(C(C)O)CN(CC(N)=O)C1. The maximum atomic E-state index is 11.0. The summed E-state index contributed by atoms with van der Waals surface area (Å²) in [4.78, 5) is 13.1. The number of nitrogens with zero attached hydrogens (tertiary/aromatic N) is 1. The molecule has 0 bridgehead atoms. The smallest absolute Gasteiger partial charge is 0.231 e. The highest BCUT2D eigenvalue weighted by atomic mass is 16.3. The molecule has 0 spiro atoms. The zero-order chi connectivity index (χ0) is 13.7. The normalized spacial score (nSPS) is 27.4. The van der Waals surface area contributed by atoms with E-state index in [4.69, 9.17) is 5.73 Å². The van der Waals surface area contributed by atoms with Crippen LogP contribution in [0.3, 0.4) is 0 Å². The molecule has 0 aromatic rings. The Morgan fingerprint density at radius 1 is 1.44 bits per heavy atom. The Bertz CT molecular complexity index is 269. The summed E-state index contributed by atoms with van der Waals surface area (Å²) in [6.45, 7) is 8.98. The number of aliphatic hydroxyl groups excluding tert-OH is 1. The molecule has 0 aromatic heterocycles. The van der Waals surface area contributed by atoms with E-state index in [-0.39, 0.29) is 24.5 Å². The molecule has 0 radical (unpaired) electrons. The summed E-state index contributed by atoms with van der Waals surface area (Å²) in [6, 6.07) is 0.333. The molecule has 0 aromatic carbocycles. The molecule has 1 aliphatic rings. The summed E-state index contributed by atoms with van der Waals surface area (Å²) in [7, 11) is 0. The predicted molar refractivity (Wildman–Crippen MR) is 72.1 cm³/mol. The largest absolute Gasteiger partial charge is 0.393 e. The third-order valence-corrected chi connectivity index (χ3v) is 3.44. The quantitative estimate of drug-likeness (QED) is 0.615. The lowest BCUT2D eigenvalue weighted by atomic mass is 9.90. The first-order valence-electron chi connectivity index (χ1n) is 6.80. The number of aliphatic hydroxyl groups is 1. The van der Waals surface area contributed by atoms with Crippen molar-refractivity contribution in [3.63, 3.8) is 0 Å². The molecular weight excluding hydrogens is 230 g/mol. The highest BCUT2D eigenvalue weighted by molar-refractivity contribution is 5.75. The molecule has 3 unspecified atom stereocenters. The number of primary amides is 1. The number of likely N-dealkylation sites (tertiary alicyclic amines) is 1. The van der Waals surface area contributed by atoms with Crippen molar-refractivity contribution in [1.29, 1.82) is 0 Å². The van der Waals surface area contributed by atoms with Gasteiger partial charge < -0.3 is 16.2 Å². The van der Waals surface area contributed by atoms with Gasteiger partial charge in [0.1, 0.15) is 0 Å². The van der Waals surface area contributed by atoms with Crippen molar-refractivity contribution in [2.45, 2.75) is 39.3 Å². The van der Waals surface area contributed by atoms with Crippen LogP contribution < -0.4 is 11.1 Å². The molecule has 5 heteroatoms. The van der Waals surface area contributed by atoms with E-state index in [0.29, 0.717) is 12.0 Å². The summed E-state index contributed by atoms with van der Waals surface area (Å²) in [6.07, 6.45) is 0.614. The summed E-state index contributed by atoms with van der Waals surface area (Å²) in [5.41, 5.74) is 5.25. The van der Waals surface area contributed by atoms with Gasteiger partial charge in [-0.15, -0.1) is 0 Å². The Hall–Kier alpha value is -0.650. The third kappa shape index (κ3) is 5.33. The van der Waals surface area contributed by atoms with Crippen molar-refractivity contribution in [2.75, 3.05) is 26.2 Å². The fourth-order valence-electron chi connectivity index (χ4n) is 2.48. The zero-order valence-corrected chi connectivity index (χ0v) is 11.7. The van der Waals surface area contributed by atoms with E-state index in [9.17, 15) is 9.90 Å². The van der Waals surface area contributed by atoms with Gasteiger partial charge in [-0.2, -0.15) is 0 Å². The van der Waals surface area contributed by atoms with Crippen molar-refractivity contribution >= 4 is 5.91 Å². The molecule has 0 aliphatic carbocycles. The van der Waals surface area contributed by atoms with Crippen LogP contribution in [0.4, 0.5) is 0 Å². The molecule has 1 saturated heterocycles. The van der Waals surface area contributed by atoms with Crippen LogP contribution in [0, 0.1) is 11.8 Å². The Morgan fingerprint density at radius 3 is 2.61 bits per heavy atom. The standard InChI is InChI=1S/C13H27N3O2/c1-9(2)5-15-12-4-11(10(3)17)6-16(7-12)8-13(14)18/h9-12,15,17H,4-8H2,1-3H3,(H2,14,18). The molecule has 1 rings (SSSR count).